The molecular formula is C13H17ClN4O2S. The Labute approximate surface area is 129 Å². The number of sulfonamides is 1. The molecule has 8 heteroatoms. The first-order chi connectivity index (χ1) is 10.0. The Morgan fingerprint density at radius 3 is 2.81 bits per heavy atom. The topological polar surface area (TPSA) is 90.0 Å². The first-order valence-corrected chi connectivity index (χ1v) is 8.34. The molecule has 0 fully saturated rings. The van der Waals surface area contributed by atoms with E-state index in [1.54, 1.807) is 23.0 Å². The molecule has 0 spiro atoms. The van der Waals surface area contributed by atoms with Crippen LogP contribution < -0.4 is 10.5 Å². The number of aromatic nitrogens is 2. The van der Waals surface area contributed by atoms with Gasteiger partial charge in [-0.15, -0.1) is 0 Å². The molecule has 0 saturated heterocycles. The highest BCUT2D eigenvalue weighted by Gasteiger charge is 2.17. The molecule has 1 aromatic heterocycles. The number of benzene rings is 1. The summed E-state index contributed by atoms with van der Waals surface area (Å²) in [6, 6.07) is 6.52. The zero-order chi connectivity index (χ0) is 15.3. The summed E-state index contributed by atoms with van der Waals surface area (Å²) in [6.07, 6.45) is 4.15. The molecule has 0 saturated carbocycles. The number of nitrogens with zero attached hydrogens (tertiary/aromatic N) is 2. The van der Waals surface area contributed by atoms with Gasteiger partial charge in [0.1, 0.15) is 4.90 Å². The van der Waals surface area contributed by atoms with Gasteiger partial charge in [-0.3, -0.25) is 4.68 Å². The van der Waals surface area contributed by atoms with Gasteiger partial charge in [0.05, 0.1) is 5.02 Å². The molecule has 1 heterocycles. The van der Waals surface area contributed by atoms with Gasteiger partial charge in [0.25, 0.3) is 0 Å². The lowest BCUT2D eigenvalue weighted by Crippen LogP contribution is -2.26. The molecule has 0 bridgehead atoms. The van der Waals surface area contributed by atoms with Gasteiger partial charge in [0.2, 0.25) is 10.0 Å². The molecule has 2 rings (SSSR count). The first kappa shape index (κ1) is 16.0. The number of hydrogen-bond acceptors (Lipinski definition) is 4. The van der Waals surface area contributed by atoms with Gasteiger partial charge in [-0.05, 0) is 30.2 Å². The van der Waals surface area contributed by atoms with Crippen molar-refractivity contribution in [1.29, 1.82) is 0 Å². The second-order valence-electron chi connectivity index (χ2n) is 4.49. The maximum absolute atomic E-state index is 12.2. The minimum Gasteiger partial charge on any atom is -0.326 e. The summed E-state index contributed by atoms with van der Waals surface area (Å²) in [5.74, 6) is 0. The van der Waals surface area contributed by atoms with Crippen LogP contribution in [0.3, 0.4) is 0 Å². The molecular weight excluding hydrogens is 312 g/mol. The number of hydrogen-bond donors (Lipinski definition) is 2. The summed E-state index contributed by atoms with van der Waals surface area (Å²) < 4.78 is 28.6. The van der Waals surface area contributed by atoms with Crippen molar-refractivity contribution in [3.8, 4) is 0 Å². The molecule has 0 amide bonds. The summed E-state index contributed by atoms with van der Waals surface area (Å²) in [6.45, 7) is 1.28. The predicted octanol–water partition coefficient (Wildman–Crippen LogP) is 1.36. The van der Waals surface area contributed by atoms with Crippen LogP contribution in [-0.4, -0.2) is 24.7 Å². The van der Waals surface area contributed by atoms with Crippen molar-refractivity contribution < 1.29 is 8.42 Å². The third kappa shape index (κ3) is 4.28. The van der Waals surface area contributed by atoms with Gasteiger partial charge in [0, 0.05) is 32.0 Å². The van der Waals surface area contributed by atoms with Gasteiger partial charge < -0.3 is 5.73 Å². The Hall–Kier alpha value is -1.41. The Bertz CT molecular complexity index is 686. The zero-order valence-electron chi connectivity index (χ0n) is 11.4. The van der Waals surface area contributed by atoms with Gasteiger partial charge >= 0.3 is 0 Å². The van der Waals surface area contributed by atoms with E-state index >= 15 is 0 Å². The van der Waals surface area contributed by atoms with E-state index in [1.807, 2.05) is 12.3 Å². The Kier molecular flexibility index (Phi) is 5.35. The van der Waals surface area contributed by atoms with E-state index in [0.29, 0.717) is 26.1 Å². The lowest BCUT2D eigenvalue weighted by Gasteiger charge is -2.09. The number of aryl methyl sites for hydroxylation is 1. The Morgan fingerprint density at radius 2 is 2.19 bits per heavy atom. The minimum absolute atomic E-state index is 0.0699. The molecule has 0 aliphatic rings. The van der Waals surface area contributed by atoms with Crippen molar-refractivity contribution >= 4 is 21.6 Å². The Morgan fingerprint density at radius 1 is 1.38 bits per heavy atom. The van der Waals surface area contributed by atoms with Crippen LogP contribution in [0.25, 0.3) is 0 Å². The van der Waals surface area contributed by atoms with Crippen molar-refractivity contribution in [2.45, 2.75) is 24.4 Å². The fourth-order valence-corrected chi connectivity index (χ4v) is 3.49. The van der Waals surface area contributed by atoms with Crippen LogP contribution in [0.15, 0.2) is 41.6 Å². The number of rotatable bonds is 7. The summed E-state index contributed by atoms with van der Waals surface area (Å²) in [5.41, 5.74) is 6.28. The van der Waals surface area contributed by atoms with Crippen molar-refractivity contribution in [3.63, 3.8) is 0 Å². The summed E-state index contributed by atoms with van der Waals surface area (Å²) in [5, 5.41) is 4.23. The molecule has 2 aromatic rings. The van der Waals surface area contributed by atoms with E-state index in [-0.39, 0.29) is 9.92 Å². The molecule has 0 atom stereocenters. The van der Waals surface area contributed by atoms with E-state index in [9.17, 15) is 8.42 Å². The molecule has 1 aromatic carbocycles. The van der Waals surface area contributed by atoms with E-state index < -0.39 is 10.0 Å². The number of halogens is 1. The van der Waals surface area contributed by atoms with E-state index in [4.69, 9.17) is 17.3 Å². The van der Waals surface area contributed by atoms with Crippen LogP contribution in [0.2, 0.25) is 5.02 Å². The second-order valence-corrected chi connectivity index (χ2v) is 6.63. The van der Waals surface area contributed by atoms with Gasteiger partial charge in [-0.2, -0.15) is 5.10 Å². The minimum atomic E-state index is -3.61. The number of nitrogens with one attached hydrogen (secondary N) is 1. The lowest BCUT2D eigenvalue weighted by molar-refractivity contribution is 0.553. The summed E-state index contributed by atoms with van der Waals surface area (Å²) >= 11 is 6.00. The zero-order valence-corrected chi connectivity index (χ0v) is 12.9. The van der Waals surface area contributed by atoms with Crippen molar-refractivity contribution in [1.82, 2.24) is 14.5 Å². The molecule has 21 heavy (non-hydrogen) atoms. The SMILES string of the molecule is NCc1ccc(S(=O)(=O)NCCCn2cccn2)c(Cl)c1. The maximum Gasteiger partial charge on any atom is 0.242 e. The van der Waals surface area contributed by atoms with Crippen LogP contribution in [-0.2, 0) is 23.1 Å². The molecule has 0 aliphatic carbocycles. The standard InChI is InChI=1S/C13H17ClN4O2S/c14-12-9-11(10-15)3-4-13(12)21(19,20)17-6-2-8-18-7-1-5-16-18/h1,3-5,7,9,17H,2,6,8,10,15H2. The average molecular weight is 329 g/mol. The maximum atomic E-state index is 12.2. The molecule has 0 aliphatic heterocycles. The third-order valence-electron chi connectivity index (χ3n) is 2.94. The Balaban J connectivity index is 1.95. The molecule has 0 radical (unpaired) electrons. The highest BCUT2D eigenvalue weighted by molar-refractivity contribution is 7.89. The molecule has 3 N–H and O–H groups in total. The quantitative estimate of drug-likeness (QED) is 0.751. The summed E-state index contributed by atoms with van der Waals surface area (Å²) in [4.78, 5) is 0.0699. The fraction of sp³-hybridized carbons (Fsp3) is 0.308. The molecule has 114 valence electrons. The van der Waals surface area contributed by atoms with Crippen LogP contribution in [0.1, 0.15) is 12.0 Å². The van der Waals surface area contributed by atoms with Crippen LogP contribution in [0, 0.1) is 0 Å². The van der Waals surface area contributed by atoms with Crippen LogP contribution >= 0.6 is 11.6 Å². The highest BCUT2D eigenvalue weighted by Crippen LogP contribution is 2.22. The normalized spacial score (nSPS) is 11.7. The molecule has 0 unspecified atom stereocenters. The number of nitrogens with two attached hydrogens (primary N) is 1. The lowest BCUT2D eigenvalue weighted by atomic mass is 10.2. The monoisotopic (exact) mass is 328 g/mol. The molecule has 6 nitrogen and oxygen atoms in total. The smallest absolute Gasteiger partial charge is 0.242 e. The second kappa shape index (κ2) is 7.04. The van der Waals surface area contributed by atoms with Crippen molar-refractivity contribution in [3.05, 3.63) is 47.2 Å². The van der Waals surface area contributed by atoms with Gasteiger partial charge in [0.15, 0.2) is 0 Å². The predicted molar refractivity (Wildman–Crippen MR) is 81.4 cm³/mol. The first-order valence-electron chi connectivity index (χ1n) is 6.48. The van der Waals surface area contributed by atoms with Crippen LogP contribution in [0.5, 0.6) is 0 Å². The van der Waals surface area contributed by atoms with Crippen molar-refractivity contribution in [2.24, 2.45) is 5.73 Å². The van der Waals surface area contributed by atoms with Gasteiger partial charge in [-0.25, -0.2) is 13.1 Å². The van der Waals surface area contributed by atoms with E-state index in [1.165, 1.54) is 6.07 Å². The van der Waals surface area contributed by atoms with Gasteiger partial charge in [-0.1, -0.05) is 17.7 Å². The highest BCUT2D eigenvalue weighted by atomic mass is 35.5. The summed E-state index contributed by atoms with van der Waals surface area (Å²) in [7, 11) is -3.61. The largest absolute Gasteiger partial charge is 0.326 e. The van der Waals surface area contributed by atoms with E-state index in [2.05, 4.69) is 9.82 Å². The van der Waals surface area contributed by atoms with Crippen LogP contribution in [0.4, 0.5) is 0 Å². The van der Waals surface area contributed by atoms with E-state index in [0.717, 1.165) is 5.56 Å². The van der Waals surface area contributed by atoms with Crippen molar-refractivity contribution in [2.75, 3.05) is 6.54 Å². The average Bonchev–Trinajstić information content (AvgIpc) is 2.96. The third-order valence-corrected chi connectivity index (χ3v) is 4.88. The fourth-order valence-electron chi connectivity index (χ4n) is 1.85.